The van der Waals surface area contributed by atoms with Crippen LogP contribution in [0, 0.1) is 17.8 Å². The topological polar surface area (TPSA) is 20.3 Å². The summed E-state index contributed by atoms with van der Waals surface area (Å²) in [6.07, 6.45) is 3.75. The number of nitrogens with zero attached hydrogens (tertiary/aromatic N) is 1. The van der Waals surface area contributed by atoms with Gasteiger partial charge in [0.2, 0.25) is 0 Å². The molecule has 1 saturated carbocycles. The number of rotatable bonds is 0. The zero-order valence-corrected chi connectivity index (χ0v) is 7.33. The highest BCUT2D eigenvalue weighted by Crippen LogP contribution is 2.39. The Balaban J connectivity index is 1.96. The minimum Gasteiger partial charge on any atom is -0.302 e. The van der Waals surface area contributed by atoms with Crippen LogP contribution in [0.4, 0.5) is 0 Å². The van der Waals surface area contributed by atoms with Crippen molar-refractivity contribution >= 4 is 5.78 Å². The molecule has 3 aliphatic heterocycles. The van der Waals surface area contributed by atoms with Gasteiger partial charge in [-0.25, -0.2) is 0 Å². The van der Waals surface area contributed by atoms with E-state index in [-0.39, 0.29) is 0 Å². The molecule has 4 aliphatic rings. The van der Waals surface area contributed by atoms with Crippen LogP contribution in [0.3, 0.4) is 0 Å². The summed E-state index contributed by atoms with van der Waals surface area (Å²) in [5.41, 5.74) is 0. The molecule has 3 saturated heterocycles. The number of carbonyl (C=O) groups is 1. The molecule has 0 aromatic rings. The predicted octanol–water partition coefficient (Wildman–Crippen LogP) is 0.917. The Bertz CT molecular complexity index is 192. The van der Waals surface area contributed by atoms with E-state index in [1.54, 1.807) is 0 Å². The Kier molecular flexibility index (Phi) is 1.37. The highest BCUT2D eigenvalue weighted by molar-refractivity contribution is 5.85. The normalized spacial score (nSPS) is 51.2. The maximum atomic E-state index is 11.7. The first kappa shape index (κ1) is 7.07. The molecule has 12 heavy (non-hydrogen) atoms. The number of hydrogen-bond donors (Lipinski definition) is 0. The van der Waals surface area contributed by atoms with E-state index in [9.17, 15) is 4.79 Å². The summed E-state index contributed by atoms with van der Waals surface area (Å²) in [5, 5.41) is 0. The van der Waals surface area contributed by atoms with Gasteiger partial charge in [-0.05, 0) is 31.7 Å². The number of ketones is 1. The van der Waals surface area contributed by atoms with Gasteiger partial charge < -0.3 is 4.90 Å². The first-order valence-electron chi connectivity index (χ1n) is 5.09. The molecule has 0 aromatic heterocycles. The summed E-state index contributed by atoms with van der Waals surface area (Å²) in [4.78, 5) is 14.2. The third kappa shape index (κ3) is 0.875. The van der Waals surface area contributed by atoms with Crippen molar-refractivity contribution in [1.29, 1.82) is 0 Å². The predicted molar refractivity (Wildman–Crippen MR) is 45.8 cm³/mol. The van der Waals surface area contributed by atoms with Crippen LogP contribution in [0.15, 0.2) is 0 Å². The molecule has 0 aromatic carbocycles. The van der Waals surface area contributed by atoms with Crippen molar-refractivity contribution in [3.8, 4) is 0 Å². The van der Waals surface area contributed by atoms with E-state index in [0.29, 0.717) is 17.6 Å². The lowest BCUT2D eigenvalue weighted by Crippen LogP contribution is -2.47. The molecular formula is C10H15NO. The third-order valence-corrected chi connectivity index (χ3v) is 3.85. The first-order chi connectivity index (χ1) is 5.83. The Labute approximate surface area is 72.9 Å². The van der Waals surface area contributed by atoms with Crippen molar-refractivity contribution in [2.75, 3.05) is 19.6 Å². The molecule has 2 heteroatoms. The van der Waals surface area contributed by atoms with E-state index < -0.39 is 0 Å². The van der Waals surface area contributed by atoms with Gasteiger partial charge in [-0.3, -0.25) is 4.79 Å². The zero-order chi connectivity index (χ0) is 8.13. The lowest BCUT2D eigenvalue weighted by Gasteiger charge is -2.38. The van der Waals surface area contributed by atoms with E-state index in [4.69, 9.17) is 0 Å². The van der Waals surface area contributed by atoms with Gasteiger partial charge in [-0.15, -0.1) is 0 Å². The van der Waals surface area contributed by atoms with Gasteiger partial charge in [0.25, 0.3) is 0 Å². The van der Waals surface area contributed by atoms with Crippen molar-refractivity contribution in [3.05, 3.63) is 0 Å². The maximum Gasteiger partial charge on any atom is 0.141 e. The summed E-state index contributed by atoms with van der Waals surface area (Å²) in [7, 11) is 0. The fraction of sp³-hybridized carbons (Fsp3) is 0.900. The molecule has 1 aliphatic carbocycles. The number of Topliss-reactive ketones (excluding diaryl/α,β-unsaturated/α-hetero) is 1. The molecule has 2 nitrogen and oxygen atoms in total. The second-order valence-corrected chi connectivity index (χ2v) is 4.68. The summed E-state index contributed by atoms with van der Waals surface area (Å²) >= 11 is 0. The molecule has 4 bridgehead atoms. The van der Waals surface area contributed by atoms with E-state index in [2.05, 4.69) is 4.90 Å². The molecule has 4 atom stereocenters. The number of carbonyl (C=O) groups excluding carboxylic acids is 1. The zero-order valence-electron chi connectivity index (χ0n) is 7.33. The van der Waals surface area contributed by atoms with Crippen molar-refractivity contribution < 1.29 is 4.79 Å². The largest absolute Gasteiger partial charge is 0.302 e. The van der Waals surface area contributed by atoms with Crippen LogP contribution in [0.1, 0.15) is 19.3 Å². The molecule has 0 amide bonds. The van der Waals surface area contributed by atoms with E-state index >= 15 is 0 Å². The monoisotopic (exact) mass is 165 g/mol. The van der Waals surface area contributed by atoms with Gasteiger partial charge >= 0.3 is 0 Å². The van der Waals surface area contributed by atoms with Crippen molar-refractivity contribution in [2.24, 2.45) is 17.8 Å². The third-order valence-electron chi connectivity index (χ3n) is 3.85. The molecule has 3 heterocycles. The Hall–Kier alpha value is -0.370. The molecule has 4 rings (SSSR count). The molecule has 2 unspecified atom stereocenters. The summed E-state index contributed by atoms with van der Waals surface area (Å²) in [6, 6.07) is 0. The van der Waals surface area contributed by atoms with Crippen LogP contribution in [-0.2, 0) is 4.79 Å². The van der Waals surface area contributed by atoms with Crippen LogP contribution in [0.2, 0.25) is 0 Å². The first-order valence-corrected chi connectivity index (χ1v) is 5.09. The average molecular weight is 165 g/mol. The average Bonchev–Trinajstić information content (AvgIpc) is 2.27. The maximum absolute atomic E-state index is 11.7. The Morgan fingerprint density at radius 1 is 1.17 bits per heavy atom. The molecule has 0 radical (unpaired) electrons. The standard InChI is InChI=1S/C10H15NO/c12-10-8-3-7-1-2-11(5-8)6-9(10)4-7/h7-9H,1-6H2/t7?,8-,9+. The lowest BCUT2D eigenvalue weighted by molar-refractivity contribution is -0.134. The second kappa shape index (κ2) is 2.32. The molecule has 4 fully saturated rings. The van der Waals surface area contributed by atoms with E-state index in [0.717, 1.165) is 19.0 Å². The van der Waals surface area contributed by atoms with Crippen molar-refractivity contribution in [3.63, 3.8) is 0 Å². The van der Waals surface area contributed by atoms with Crippen LogP contribution in [0.5, 0.6) is 0 Å². The van der Waals surface area contributed by atoms with Gasteiger partial charge in [0.1, 0.15) is 5.78 Å². The van der Waals surface area contributed by atoms with Crippen LogP contribution >= 0.6 is 0 Å². The molecule has 66 valence electrons. The smallest absolute Gasteiger partial charge is 0.141 e. The molecule has 0 N–H and O–H groups in total. The quantitative estimate of drug-likeness (QED) is 0.532. The van der Waals surface area contributed by atoms with Crippen molar-refractivity contribution in [2.45, 2.75) is 19.3 Å². The van der Waals surface area contributed by atoms with Crippen LogP contribution in [-0.4, -0.2) is 30.3 Å². The highest BCUT2D eigenvalue weighted by Gasteiger charge is 2.43. The van der Waals surface area contributed by atoms with Gasteiger partial charge in [-0.1, -0.05) is 0 Å². The van der Waals surface area contributed by atoms with E-state index in [1.807, 2.05) is 0 Å². The minimum atomic E-state index is 0.421. The molecular weight excluding hydrogens is 150 g/mol. The fourth-order valence-corrected chi connectivity index (χ4v) is 3.28. The van der Waals surface area contributed by atoms with Gasteiger partial charge in [-0.2, -0.15) is 0 Å². The number of hydrogen-bond acceptors (Lipinski definition) is 2. The lowest BCUT2D eigenvalue weighted by atomic mass is 9.72. The van der Waals surface area contributed by atoms with Crippen molar-refractivity contribution in [1.82, 2.24) is 4.90 Å². The number of piperidine rings is 1. The van der Waals surface area contributed by atoms with Gasteiger partial charge in [0.15, 0.2) is 0 Å². The fourth-order valence-electron chi connectivity index (χ4n) is 3.28. The van der Waals surface area contributed by atoms with Crippen LogP contribution in [0.25, 0.3) is 0 Å². The van der Waals surface area contributed by atoms with Gasteiger partial charge in [0, 0.05) is 24.9 Å². The number of fused-ring (bicyclic) bond motifs is 1. The Morgan fingerprint density at radius 3 is 2.50 bits per heavy atom. The van der Waals surface area contributed by atoms with Gasteiger partial charge in [0.05, 0.1) is 0 Å². The highest BCUT2D eigenvalue weighted by atomic mass is 16.1. The summed E-state index contributed by atoms with van der Waals surface area (Å²) in [5.74, 6) is 2.31. The van der Waals surface area contributed by atoms with E-state index in [1.165, 1.54) is 25.8 Å². The molecule has 0 spiro atoms. The summed E-state index contributed by atoms with van der Waals surface area (Å²) in [6.45, 7) is 3.41. The minimum absolute atomic E-state index is 0.421. The summed E-state index contributed by atoms with van der Waals surface area (Å²) < 4.78 is 0. The SMILES string of the molecule is O=C1[C@@H]2CC3CCN(C2)C[C@@H]1C3. The second-order valence-electron chi connectivity index (χ2n) is 4.68. The van der Waals surface area contributed by atoms with Crippen LogP contribution < -0.4 is 0 Å². The Morgan fingerprint density at radius 2 is 1.83 bits per heavy atom.